The number of nitrogens with one attached hydrogen (secondary N) is 1. The van der Waals surface area contributed by atoms with Gasteiger partial charge in [0.15, 0.2) is 0 Å². The van der Waals surface area contributed by atoms with E-state index in [0.717, 1.165) is 6.07 Å². The smallest absolute Gasteiger partial charge is 0.414 e. The van der Waals surface area contributed by atoms with Gasteiger partial charge in [-0.3, -0.25) is 4.90 Å². The maximum absolute atomic E-state index is 14.5. The summed E-state index contributed by atoms with van der Waals surface area (Å²) in [6.07, 6.45) is -1.48. The van der Waals surface area contributed by atoms with Gasteiger partial charge in [-0.05, 0) is 54.2 Å². The van der Waals surface area contributed by atoms with Gasteiger partial charge in [0.05, 0.1) is 23.3 Å². The summed E-state index contributed by atoms with van der Waals surface area (Å²) in [5.41, 5.74) is 0.473. The van der Waals surface area contributed by atoms with Crippen LogP contribution in [-0.4, -0.2) is 52.6 Å². The standard InChI is InChI=1S/C24H22F3N5O3S/c1-14-2-4-16(11-17(14)25)24(21-28-13-29-36-21)6-7-31(12-24)22(33)30-18-10-15(20(26)27)3-5-19(18)32-8-9-35-23(32)34/h2-5,10-11,13,20H,6-9,12H2,1H3,(H,30,33)/t24-/m1/s1. The van der Waals surface area contributed by atoms with Crippen molar-refractivity contribution in [3.63, 3.8) is 0 Å². The lowest BCUT2D eigenvalue weighted by molar-refractivity contribution is 0.151. The molecule has 3 amide bonds. The summed E-state index contributed by atoms with van der Waals surface area (Å²) in [4.78, 5) is 32.6. The molecule has 1 atom stereocenters. The molecule has 8 nitrogen and oxygen atoms in total. The van der Waals surface area contributed by atoms with Crippen LogP contribution in [0.5, 0.6) is 0 Å². The Morgan fingerprint density at radius 3 is 2.72 bits per heavy atom. The van der Waals surface area contributed by atoms with Crippen LogP contribution in [0.1, 0.15) is 34.5 Å². The monoisotopic (exact) mass is 517 g/mol. The molecule has 0 unspecified atom stereocenters. The molecule has 3 aromatic rings. The molecule has 12 heteroatoms. The first-order chi connectivity index (χ1) is 17.3. The molecule has 0 saturated carbocycles. The van der Waals surface area contributed by atoms with Crippen LogP contribution >= 0.6 is 11.5 Å². The predicted octanol–water partition coefficient (Wildman–Crippen LogP) is 5.10. The Bertz CT molecular complexity index is 1310. The van der Waals surface area contributed by atoms with Gasteiger partial charge in [0.1, 0.15) is 23.8 Å². The number of cyclic esters (lactones) is 1. The molecule has 1 aromatic heterocycles. The third-order valence-corrected chi connectivity index (χ3v) is 7.49. The van der Waals surface area contributed by atoms with Crippen LogP contribution in [-0.2, 0) is 10.2 Å². The summed E-state index contributed by atoms with van der Waals surface area (Å²) in [6.45, 7) is 2.57. The van der Waals surface area contributed by atoms with Gasteiger partial charge in [-0.15, -0.1) is 0 Å². The quantitative estimate of drug-likeness (QED) is 0.509. The molecule has 0 bridgehead atoms. The number of carbonyl (C=O) groups excluding carboxylic acids is 2. The van der Waals surface area contributed by atoms with Crippen molar-refractivity contribution in [2.24, 2.45) is 0 Å². The van der Waals surface area contributed by atoms with Gasteiger partial charge in [-0.2, -0.15) is 4.37 Å². The van der Waals surface area contributed by atoms with Crippen molar-refractivity contribution in [3.8, 4) is 0 Å². The zero-order valence-electron chi connectivity index (χ0n) is 19.2. The highest BCUT2D eigenvalue weighted by atomic mass is 32.1. The molecule has 5 rings (SSSR count). The minimum absolute atomic E-state index is 0.0754. The Morgan fingerprint density at radius 2 is 2.06 bits per heavy atom. The Hall–Kier alpha value is -3.67. The second kappa shape index (κ2) is 9.41. The second-order valence-corrected chi connectivity index (χ2v) is 9.52. The lowest BCUT2D eigenvalue weighted by Crippen LogP contribution is -2.38. The highest BCUT2D eigenvalue weighted by molar-refractivity contribution is 7.05. The third kappa shape index (κ3) is 4.25. The number of benzene rings is 2. The Morgan fingerprint density at radius 1 is 1.22 bits per heavy atom. The van der Waals surface area contributed by atoms with Crippen LogP contribution in [0, 0.1) is 12.7 Å². The van der Waals surface area contributed by atoms with E-state index in [4.69, 9.17) is 4.74 Å². The van der Waals surface area contributed by atoms with Crippen molar-refractivity contribution in [1.29, 1.82) is 0 Å². The summed E-state index contributed by atoms with van der Waals surface area (Å²) in [6, 6.07) is 8.18. The Balaban J connectivity index is 1.45. The van der Waals surface area contributed by atoms with Gasteiger partial charge in [0, 0.05) is 18.7 Å². The van der Waals surface area contributed by atoms with Crippen molar-refractivity contribution in [1.82, 2.24) is 14.3 Å². The maximum atomic E-state index is 14.5. The fourth-order valence-corrected chi connectivity index (χ4v) is 5.37. The van der Waals surface area contributed by atoms with Crippen molar-refractivity contribution < 1.29 is 27.5 Å². The van der Waals surface area contributed by atoms with Gasteiger partial charge in [-0.1, -0.05) is 18.2 Å². The van der Waals surface area contributed by atoms with Crippen LogP contribution in [0.4, 0.5) is 34.1 Å². The molecule has 0 aliphatic carbocycles. The Kier molecular flexibility index (Phi) is 6.29. The number of aryl methyl sites for hydroxylation is 1. The number of likely N-dealkylation sites (tertiary alicyclic amines) is 1. The van der Waals surface area contributed by atoms with Gasteiger partial charge in [-0.25, -0.2) is 27.7 Å². The van der Waals surface area contributed by atoms with Crippen molar-refractivity contribution >= 4 is 35.0 Å². The van der Waals surface area contributed by atoms with Gasteiger partial charge < -0.3 is 15.0 Å². The highest BCUT2D eigenvalue weighted by Gasteiger charge is 2.45. The van der Waals surface area contributed by atoms with Crippen LogP contribution in [0.2, 0.25) is 0 Å². The average Bonchev–Trinajstić information content (AvgIpc) is 3.62. The first-order valence-electron chi connectivity index (χ1n) is 11.2. The Labute approximate surface area is 208 Å². The van der Waals surface area contributed by atoms with E-state index in [2.05, 4.69) is 14.7 Å². The number of hydrogen-bond donors (Lipinski definition) is 1. The summed E-state index contributed by atoms with van der Waals surface area (Å²) in [7, 11) is 0. The van der Waals surface area contributed by atoms with E-state index in [0.29, 0.717) is 29.1 Å². The minimum Gasteiger partial charge on any atom is -0.447 e. The molecule has 3 heterocycles. The minimum atomic E-state index is -2.76. The normalized spacial score (nSPS) is 19.8. The second-order valence-electron chi connectivity index (χ2n) is 8.74. The summed E-state index contributed by atoms with van der Waals surface area (Å²) in [5, 5.41) is 3.35. The fourth-order valence-electron chi connectivity index (χ4n) is 4.62. The lowest BCUT2D eigenvalue weighted by Gasteiger charge is -2.28. The number of aromatic nitrogens is 2. The zero-order chi connectivity index (χ0) is 25.4. The van der Waals surface area contributed by atoms with Gasteiger partial charge in [0.2, 0.25) is 0 Å². The number of alkyl halides is 2. The number of nitrogens with zero attached hydrogens (tertiary/aromatic N) is 4. The first-order valence-corrected chi connectivity index (χ1v) is 12.0. The molecule has 0 radical (unpaired) electrons. The molecule has 1 N–H and O–H groups in total. The summed E-state index contributed by atoms with van der Waals surface area (Å²) in [5.74, 6) is -0.356. The molecule has 36 heavy (non-hydrogen) atoms. The van der Waals surface area contributed by atoms with E-state index in [1.165, 1.54) is 45.9 Å². The van der Waals surface area contributed by atoms with E-state index >= 15 is 0 Å². The molecule has 2 aliphatic heterocycles. The lowest BCUT2D eigenvalue weighted by atomic mass is 9.80. The first kappa shape index (κ1) is 24.0. The molecule has 2 fully saturated rings. The van der Waals surface area contributed by atoms with Crippen LogP contribution in [0.15, 0.2) is 42.7 Å². The zero-order valence-corrected chi connectivity index (χ0v) is 20.0. The van der Waals surface area contributed by atoms with E-state index < -0.39 is 24.0 Å². The third-order valence-electron chi connectivity index (χ3n) is 6.62. The van der Waals surface area contributed by atoms with Crippen LogP contribution in [0.25, 0.3) is 0 Å². The average molecular weight is 518 g/mol. The van der Waals surface area contributed by atoms with E-state index in [1.807, 2.05) is 6.07 Å². The molecule has 2 saturated heterocycles. The summed E-state index contributed by atoms with van der Waals surface area (Å²) >= 11 is 1.18. The number of rotatable bonds is 5. The molecule has 2 aliphatic rings. The number of urea groups is 1. The number of hydrogen-bond acceptors (Lipinski definition) is 6. The number of amides is 3. The summed E-state index contributed by atoms with van der Waals surface area (Å²) < 4.78 is 50.4. The molecular formula is C24H22F3N5O3S. The van der Waals surface area contributed by atoms with Crippen LogP contribution < -0.4 is 10.2 Å². The number of ether oxygens (including phenoxy) is 1. The van der Waals surface area contributed by atoms with E-state index in [1.54, 1.807) is 13.0 Å². The predicted molar refractivity (Wildman–Crippen MR) is 127 cm³/mol. The topological polar surface area (TPSA) is 87.7 Å². The SMILES string of the molecule is Cc1ccc([C@@]2(c3ncns3)CCN(C(=O)Nc3cc(C(F)F)ccc3N3CCOC3=O)C2)cc1F. The molecule has 188 valence electrons. The largest absolute Gasteiger partial charge is 0.447 e. The molecular weight excluding hydrogens is 495 g/mol. The van der Waals surface area contributed by atoms with E-state index in [-0.39, 0.29) is 42.5 Å². The van der Waals surface area contributed by atoms with Crippen molar-refractivity contribution in [2.45, 2.75) is 25.2 Å². The number of carbonyl (C=O) groups is 2. The van der Waals surface area contributed by atoms with Crippen molar-refractivity contribution in [2.75, 3.05) is 36.5 Å². The van der Waals surface area contributed by atoms with E-state index in [9.17, 15) is 22.8 Å². The van der Waals surface area contributed by atoms with Gasteiger partial charge in [0.25, 0.3) is 6.43 Å². The maximum Gasteiger partial charge on any atom is 0.414 e. The van der Waals surface area contributed by atoms with Crippen LogP contribution in [0.3, 0.4) is 0 Å². The number of halogens is 3. The highest BCUT2D eigenvalue weighted by Crippen LogP contribution is 2.42. The number of anilines is 2. The fraction of sp³-hybridized carbons (Fsp3) is 0.333. The van der Waals surface area contributed by atoms with Gasteiger partial charge >= 0.3 is 12.1 Å². The molecule has 0 spiro atoms. The molecule has 2 aromatic carbocycles. The van der Waals surface area contributed by atoms with Crippen molar-refractivity contribution in [3.05, 3.63) is 70.2 Å².